The molecule has 0 fully saturated rings. The second kappa shape index (κ2) is 11.0. The van der Waals surface area contributed by atoms with Gasteiger partial charge in [-0.1, -0.05) is 33.6 Å². The van der Waals surface area contributed by atoms with Crippen LogP contribution >= 0.6 is 44.1 Å². The van der Waals surface area contributed by atoms with E-state index in [-0.39, 0.29) is 18.3 Å². The third-order valence-corrected chi connectivity index (χ3v) is 4.53. The van der Waals surface area contributed by atoms with Crippen LogP contribution in [0.4, 0.5) is 0 Å². The molecule has 2 aromatic carbocycles. The summed E-state index contributed by atoms with van der Waals surface area (Å²) in [6.07, 6.45) is 0. The molecule has 0 aliphatic rings. The predicted octanol–water partition coefficient (Wildman–Crippen LogP) is 3.00. The quantitative estimate of drug-likeness (QED) is 0.393. The molecule has 2 aromatic rings. The zero-order chi connectivity index (χ0) is 20.5. The number of amides is 2. The van der Waals surface area contributed by atoms with Crippen molar-refractivity contribution < 1.29 is 19.1 Å². The molecule has 2 amide bonds. The maximum atomic E-state index is 11.8. The fraction of sp³-hybridized carbons (Fsp3) is 0.167. The number of benzene rings is 2. The Hall–Kier alpha value is -2.17. The topological polar surface area (TPSA) is 88.7 Å². The lowest BCUT2D eigenvalue weighted by Crippen LogP contribution is -2.50. The van der Waals surface area contributed by atoms with Crippen molar-refractivity contribution in [1.82, 2.24) is 16.2 Å². The first-order valence-electron chi connectivity index (χ1n) is 7.99. The highest BCUT2D eigenvalue weighted by Gasteiger charge is 2.09. The van der Waals surface area contributed by atoms with Crippen molar-refractivity contribution in [2.75, 3.05) is 13.2 Å². The molecule has 10 heteroatoms. The standard InChI is InChI=1S/C18H17Br2N3O4S/c1-11-2-5-13(6-3-11)26-9-16(24)21-18(28)23-22-17(25)10-27-15-7-4-12(19)8-14(15)20/h2-8H,9-10H2,1H3,(H,22,25)(H2,21,23,24,28). The number of hydrazine groups is 1. The highest BCUT2D eigenvalue weighted by atomic mass is 79.9. The summed E-state index contributed by atoms with van der Waals surface area (Å²) in [6, 6.07) is 12.6. The van der Waals surface area contributed by atoms with Crippen LogP contribution in [0.3, 0.4) is 0 Å². The van der Waals surface area contributed by atoms with Gasteiger partial charge in [0, 0.05) is 4.47 Å². The minimum absolute atomic E-state index is 0.0596. The molecule has 0 bridgehead atoms. The first-order valence-corrected chi connectivity index (χ1v) is 9.99. The van der Waals surface area contributed by atoms with E-state index in [0.29, 0.717) is 16.0 Å². The summed E-state index contributed by atoms with van der Waals surface area (Å²) >= 11 is 11.6. The van der Waals surface area contributed by atoms with Crippen molar-refractivity contribution in [3.8, 4) is 11.5 Å². The first-order chi connectivity index (χ1) is 13.3. The van der Waals surface area contributed by atoms with Crippen LogP contribution in [-0.2, 0) is 9.59 Å². The van der Waals surface area contributed by atoms with Gasteiger partial charge in [-0.3, -0.25) is 25.8 Å². The largest absolute Gasteiger partial charge is 0.484 e. The van der Waals surface area contributed by atoms with Crippen LogP contribution in [-0.4, -0.2) is 30.1 Å². The Labute approximate surface area is 184 Å². The Morgan fingerprint density at radius 3 is 2.32 bits per heavy atom. The molecule has 0 unspecified atom stereocenters. The number of thiocarbonyl (C=S) groups is 1. The van der Waals surface area contributed by atoms with Crippen molar-refractivity contribution in [3.63, 3.8) is 0 Å². The fourth-order valence-electron chi connectivity index (χ4n) is 1.88. The van der Waals surface area contributed by atoms with Gasteiger partial charge >= 0.3 is 0 Å². The van der Waals surface area contributed by atoms with Crippen LogP contribution in [0.5, 0.6) is 11.5 Å². The molecule has 0 saturated heterocycles. The molecule has 0 aromatic heterocycles. The Morgan fingerprint density at radius 1 is 0.964 bits per heavy atom. The van der Waals surface area contributed by atoms with E-state index in [4.69, 9.17) is 21.7 Å². The van der Waals surface area contributed by atoms with Gasteiger partial charge < -0.3 is 9.47 Å². The van der Waals surface area contributed by atoms with Gasteiger partial charge in [-0.15, -0.1) is 0 Å². The number of hydrogen-bond donors (Lipinski definition) is 3. The van der Waals surface area contributed by atoms with E-state index in [9.17, 15) is 9.59 Å². The van der Waals surface area contributed by atoms with Crippen LogP contribution < -0.4 is 25.6 Å². The van der Waals surface area contributed by atoms with E-state index in [0.717, 1.165) is 10.0 Å². The van der Waals surface area contributed by atoms with E-state index >= 15 is 0 Å². The van der Waals surface area contributed by atoms with Crippen LogP contribution in [0, 0.1) is 6.92 Å². The third-order valence-electron chi connectivity index (χ3n) is 3.21. The van der Waals surface area contributed by atoms with Gasteiger partial charge in [0.15, 0.2) is 18.3 Å². The molecule has 0 spiro atoms. The number of rotatable bonds is 6. The molecule has 0 aliphatic heterocycles. The Bertz CT molecular complexity index is 862. The lowest BCUT2D eigenvalue weighted by molar-refractivity contribution is -0.124. The van der Waals surface area contributed by atoms with Crippen molar-refractivity contribution in [2.45, 2.75) is 6.92 Å². The molecule has 28 heavy (non-hydrogen) atoms. The predicted molar refractivity (Wildman–Crippen MR) is 116 cm³/mol. The maximum absolute atomic E-state index is 11.8. The van der Waals surface area contributed by atoms with Gasteiger partial charge in [0.1, 0.15) is 11.5 Å². The Kier molecular flexibility index (Phi) is 8.68. The number of carbonyl (C=O) groups excluding carboxylic acids is 2. The fourth-order valence-corrected chi connectivity index (χ4v) is 3.20. The minimum atomic E-state index is -0.470. The molecular formula is C18H17Br2N3O4S. The lowest BCUT2D eigenvalue weighted by atomic mass is 10.2. The van der Waals surface area contributed by atoms with E-state index in [1.807, 2.05) is 19.1 Å². The zero-order valence-electron chi connectivity index (χ0n) is 14.8. The number of hydrogen-bond acceptors (Lipinski definition) is 5. The molecule has 7 nitrogen and oxygen atoms in total. The van der Waals surface area contributed by atoms with E-state index in [2.05, 4.69) is 48.0 Å². The van der Waals surface area contributed by atoms with Crippen LogP contribution in [0.2, 0.25) is 0 Å². The van der Waals surface area contributed by atoms with Gasteiger partial charge in [0.05, 0.1) is 4.47 Å². The Morgan fingerprint density at radius 2 is 1.64 bits per heavy atom. The highest BCUT2D eigenvalue weighted by molar-refractivity contribution is 9.11. The number of carbonyl (C=O) groups is 2. The summed E-state index contributed by atoms with van der Waals surface area (Å²) in [5.74, 6) is 0.163. The lowest BCUT2D eigenvalue weighted by Gasteiger charge is -2.12. The molecule has 0 radical (unpaired) electrons. The normalized spacial score (nSPS) is 9.96. The summed E-state index contributed by atoms with van der Waals surface area (Å²) in [7, 11) is 0. The van der Waals surface area contributed by atoms with Gasteiger partial charge in [-0.05, 0) is 65.4 Å². The number of aryl methyl sites for hydroxylation is 1. The van der Waals surface area contributed by atoms with Gasteiger partial charge in [0.25, 0.3) is 11.8 Å². The smallest absolute Gasteiger partial charge is 0.276 e. The molecule has 0 saturated carbocycles. The van der Waals surface area contributed by atoms with Gasteiger partial charge in [-0.2, -0.15) is 0 Å². The second-order valence-corrected chi connectivity index (χ2v) is 7.69. The SMILES string of the molecule is Cc1ccc(OCC(=O)NC(=S)NNC(=O)COc2ccc(Br)cc2Br)cc1. The molecule has 2 rings (SSSR count). The number of nitrogens with one attached hydrogen (secondary N) is 3. The summed E-state index contributed by atoms with van der Waals surface area (Å²) in [5, 5.41) is 2.33. The van der Waals surface area contributed by atoms with Gasteiger partial charge in [0.2, 0.25) is 0 Å². The van der Waals surface area contributed by atoms with Crippen molar-refractivity contribution in [3.05, 3.63) is 57.0 Å². The summed E-state index contributed by atoms with van der Waals surface area (Å²) in [4.78, 5) is 23.6. The van der Waals surface area contributed by atoms with Crippen molar-refractivity contribution in [1.29, 1.82) is 0 Å². The molecule has 0 aliphatic carbocycles. The molecule has 148 valence electrons. The van der Waals surface area contributed by atoms with Crippen molar-refractivity contribution in [2.24, 2.45) is 0 Å². The average Bonchev–Trinajstić information content (AvgIpc) is 2.65. The molecule has 0 heterocycles. The van der Waals surface area contributed by atoms with Crippen molar-refractivity contribution >= 4 is 61.0 Å². The first kappa shape index (κ1) is 22.1. The monoisotopic (exact) mass is 529 g/mol. The average molecular weight is 531 g/mol. The second-order valence-electron chi connectivity index (χ2n) is 5.52. The van der Waals surface area contributed by atoms with E-state index < -0.39 is 11.8 Å². The third kappa shape index (κ3) is 7.83. The van der Waals surface area contributed by atoms with Gasteiger partial charge in [-0.25, -0.2) is 0 Å². The summed E-state index contributed by atoms with van der Waals surface area (Å²) < 4.78 is 12.3. The minimum Gasteiger partial charge on any atom is -0.484 e. The number of halogens is 2. The summed E-state index contributed by atoms with van der Waals surface area (Å²) in [6.45, 7) is 1.51. The molecular weight excluding hydrogens is 514 g/mol. The maximum Gasteiger partial charge on any atom is 0.276 e. The zero-order valence-corrected chi connectivity index (χ0v) is 18.7. The number of ether oxygens (including phenoxy) is 2. The Balaban J connectivity index is 1.66. The molecule has 0 atom stereocenters. The van der Waals surface area contributed by atoms with Crippen LogP contribution in [0.15, 0.2) is 51.4 Å². The summed E-state index contributed by atoms with van der Waals surface area (Å²) in [5.41, 5.74) is 5.85. The van der Waals surface area contributed by atoms with Crippen LogP contribution in [0.25, 0.3) is 0 Å². The molecule has 3 N–H and O–H groups in total. The highest BCUT2D eigenvalue weighted by Crippen LogP contribution is 2.28. The van der Waals surface area contributed by atoms with E-state index in [1.165, 1.54) is 0 Å². The van der Waals surface area contributed by atoms with E-state index in [1.54, 1.807) is 30.3 Å². The van der Waals surface area contributed by atoms with Crippen LogP contribution in [0.1, 0.15) is 5.56 Å².